The third kappa shape index (κ3) is 4.52. The lowest BCUT2D eigenvalue weighted by Crippen LogP contribution is -2.41. The quantitative estimate of drug-likeness (QED) is 0.830. The molecule has 0 spiro atoms. The maximum atomic E-state index is 10.9. The number of rotatable bonds is 6. The van der Waals surface area contributed by atoms with Crippen LogP contribution in [0.2, 0.25) is 0 Å². The average Bonchev–Trinajstić information content (AvgIpc) is 2.64. The van der Waals surface area contributed by atoms with Gasteiger partial charge in [0.25, 0.3) is 0 Å². The highest BCUT2D eigenvalue weighted by atomic mass is 16.5. The second-order valence-electron chi connectivity index (χ2n) is 6.05. The van der Waals surface area contributed by atoms with E-state index in [1.165, 1.54) is 23.5 Å². The molecule has 25 heavy (non-hydrogen) atoms. The number of morpholine rings is 1. The van der Waals surface area contributed by atoms with E-state index in [-0.39, 0.29) is 11.7 Å². The molecule has 3 rings (SSSR count). The van der Waals surface area contributed by atoms with E-state index in [0.717, 1.165) is 26.3 Å². The van der Waals surface area contributed by atoms with E-state index in [0.29, 0.717) is 12.4 Å². The topological polar surface area (TPSA) is 87.6 Å². The third-order valence-electron chi connectivity index (χ3n) is 4.30. The van der Waals surface area contributed by atoms with Gasteiger partial charge >= 0.3 is 5.97 Å². The van der Waals surface area contributed by atoms with E-state index in [2.05, 4.69) is 51.4 Å². The van der Waals surface area contributed by atoms with Crippen LogP contribution in [0.1, 0.15) is 27.7 Å². The van der Waals surface area contributed by atoms with Crippen LogP contribution in [-0.4, -0.2) is 58.8 Å². The highest BCUT2D eigenvalue weighted by Gasteiger charge is 2.22. The monoisotopic (exact) mass is 342 g/mol. The molecule has 1 aliphatic rings. The van der Waals surface area contributed by atoms with Crippen molar-refractivity contribution in [1.82, 2.24) is 14.9 Å². The van der Waals surface area contributed by atoms with Gasteiger partial charge in [-0.15, -0.1) is 0 Å². The number of hydrogen-bond acceptors (Lipinski definition) is 6. The number of aromatic carboxylic acids is 1. The lowest BCUT2D eigenvalue weighted by Gasteiger charge is -2.35. The number of benzene rings is 1. The smallest absolute Gasteiger partial charge is 0.356 e. The summed E-state index contributed by atoms with van der Waals surface area (Å²) in [6.45, 7) is 5.95. The van der Waals surface area contributed by atoms with Crippen molar-refractivity contribution in [1.29, 1.82) is 0 Å². The Balaban J connectivity index is 1.72. The maximum Gasteiger partial charge on any atom is 0.356 e. The Morgan fingerprint density at radius 2 is 1.96 bits per heavy atom. The number of nitrogens with zero attached hydrogens (tertiary/aromatic N) is 3. The molecule has 7 heteroatoms. The molecule has 2 aromatic rings. The number of carboxylic acids is 1. The number of anilines is 1. The van der Waals surface area contributed by atoms with Crippen LogP contribution >= 0.6 is 0 Å². The predicted molar refractivity (Wildman–Crippen MR) is 93.8 cm³/mol. The van der Waals surface area contributed by atoms with Crippen molar-refractivity contribution in [3.05, 3.63) is 53.5 Å². The van der Waals surface area contributed by atoms with E-state index < -0.39 is 5.97 Å². The first-order valence-corrected chi connectivity index (χ1v) is 8.31. The fourth-order valence-corrected chi connectivity index (χ4v) is 2.87. The number of ether oxygens (including phenoxy) is 1. The number of carboxylic acid groups (broad SMARTS) is 1. The molecule has 2 N–H and O–H groups in total. The molecular formula is C18H22N4O3. The van der Waals surface area contributed by atoms with Gasteiger partial charge in [0.1, 0.15) is 5.82 Å². The lowest BCUT2D eigenvalue weighted by atomic mass is 10.0. The van der Waals surface area contributed by atoms with E-state index in [1.54, 1.807) is 0 Å². The molecule has 2 heterocycles. The molecule has 1 aliphatic heterocycles. The van der Waals surface area contributed by atoms with Crippen LogP contribution < -0.4 is 5.32 Å². The molecule has 132 valence electrons. The zero-order valence-electron chi connectivity index (χ0n) is 14.2. The standard InChI is InChI=1S/C18H22N4O3/c1-13-2-4-14(5-3-13)16(22-6-8-25-9-7-22)11-21-17-12-19-15(10-20-17)18(23)24/h2-5,10,12,16H,6-9,11H2,1H3,(H,20,21)(H,23,24). The molecule has 1 saturated heterocycles. The molecule has 1 aromatic heterocycles. The summed E-state index contributed by atoms with van der Waals surface area (Å²) in [5.74, 6) is -0.514. The first-order chi connectivity index (χ1) is 12.1. The van der Waals surface area contributed by atoms with Crippen LogP contribution in [-0.2, 0) is 4.74 Å². The fourth-order valence-electron chi connectivity index (χ4n) is 2.87. The predicted octanol–water partition coefficient (Wildman–Crippen LogP) is 1.97. The van der Waals surface area contributed by atoms with Crippen molar-refractivity contribution in [3.63, 3.8) is 0 Å². The summed E-state index contributed by atoms with van der Waals surface area (Å²) in [7, 11) is 0. The van der Waals surface area contributed by atoms with Crippen molar-refractivity contribution < 1.29 is 14.6 Å². The summed E-state index contributed by atoms with van der Waals surface area (Å²) in [5.41, 5.74) is 2.40. The van der Waals surface area contributed by atoms with Crippen LogP contribution in [0.4, 0.5) is 5.82 Å². The highest BCUT2D eigenvalue weighted by Crippen LogP contribution is 2.23. The van der Waals surface area contributed by atoms with Gasteiger partial charge in [0.15, 0.2) is 5.69 Å². The molecule has 0 amide bonds. The summed E-state index contributed by atoms with van der Waals surface area (Å²) >= 11 is 0. The Kier molecular flexibility index (Phi) is 5.57. The van der Waals surface area contributed by atoms with Gasteiger partial charge in [-0.3, -0.25) is 4.90 Å². The van der Waals surface area contributed by atoms with Crippen molar-refractivity contribution in [2.45, 2.75) is 13.0 Å². The van der Waals surface area contributed by atoms with Crippen molar-refractivity contribution in [2.24, 2.45) is 0 Å². The summed E-state index contributed by atoms with van der Waals surface area (Å²) in [6, 6.07) is 8.71. The van der Waals surface area contributed by atoms with Gasteiger partial charge in [0.2, 0.25) is 0 Å². The molecule has 0 radical (unpaired) electrons. The molecule has 1 unspecified atom stereocenters. The molecule has 0 saturated carbocycles. The Hall–Kier alpha value is -2.51. The molecule has 1 atom stereocenters. The lowest BCUT2D eigenvalue weighted by molar-refractivity contribution is 0.0187. The Morgan fingerprint density at radius 3 is 2.56 bits per heavy atom. The molecule has 1 fully saturated rings. The summed E-state index contributed by atoms with van der Waals surface area (Å²) in [6.07, 6.45) is 2.72. The van der Waals surface area contributed by atoms with Crippen LogP contribution in [0.25, 0.3) is 0 Å². The summed E-state index contributed by atoms with van der Waals surface area (Å²) < 4.78 is 5.46. The van der Waals surface area contributed by atoms with E-state index in [1.807, 2.05) is 0 Å². The van der Waals surface area contributed by atoms with Crippen LogP contribution in [0, 0.1) is 6.92 Å². The van der Waals surface area contributed by atoms with Crippen LogP contribution in [0.3, 0.4) is 0 Å². The average molecular weight is 342 g/mol. The summed E-state index contributed by atoms with van der Waals surface area (Å²) in [4.78, 5) is 21.3. The van der Waals surface area contributed by atoms with Gasteiger partial charge in [-0.1, -0.05) is 29.8 Å². The molecule has 1 aromatic carbocycles. The molecule has 0 aliphatic carbocycles. The van der Waals surface area contributed by atoms with E-state index in [9.17, 15) is 4.79 Å². The van der Waals surface area contributed by atoms with Crippen molar-refractivity contribution >= 4 is 11.8 Å². The minimum atomic E-state index is -1.08. The van der Waals surface area contributed by atoms with E-state index in [4.69, 9.17) is 9.84 Å². The number of aryl methyl sites for hydroxylation is 1. The largest absolute Gasteiger partial charge is 0.476 e. The van der Waals surface area contributed by atoms with Gasteiger partial charge < -0.3 is 15.2 Å². The molecule has 0 bridgehead atoms. The molecule has 7 nitrogen and oxygen atoms in total. The van der Waals surface area contributed by atoms with Gasteiger partial charge in [-0.25, -0.2) is 14.8 Å². The zero-order valence-corrected chi connectivity index (χ0v) is 14.2. The van der Waals surface area contributed by atoms with Crippen LogP contribution in [0.5, 0.6) is 0 Å². The highest BCUT2D eigenvalue weighted by molar-refractivity contribution is 5.84. The van der Waals surface area contributed by atoms with Gasteiger partial charge in [-0.05, 0) is 12.5 Å². The zero-order chi connectivity index (χ0) is 17.6. The normalized spacial score (nSPS) is 16.4. The van der Waals surface area contributed by atoms with Gasteiger partial charge in [0, 0.05) is 19.6 Å². The first kappa shape index (κ1) is 17.3. The minimum Gasteiger partial charge on any atom is -0.476 e. The number of hydrogen-bond donors (Lipinski definition) is 2. The minimum absolute atomic E-state index is 0.0613. The Labute approximate surface area is 146 Å². The second kappa shape index (κ2) is 8.04. The second-order valence-corrected chi connectivity index (χ2v) is 6.05. The van der Waals surface area contributed by atoms with Crippen LogP contribution in [0.15, 0.2) is 36.7 Å². The van der Waals surface area contributed by atoms with E-state index >= 15 is 0 Å². The summed E-state index contributed by atoms with van der Waals surface area (Å²) in [5, 5.41) is 12.2. The maximum absolute atomic E-state index is 10.9. The fraction of sp³-hybridized carbons (Fsp3) is 0.389. The first-order valence-electron chi connectivity index (χ1n) is 8.31. The van der Waals surface area contributed by atoms with Gasteiger partial charge in [0.05, 0.1) is 31.6 Å². The van der Waals surface area contributed by atoms with Crippen molar-refractivity contribution in [3.8, 4) is 0 Å². The number of nitrogens with one attached hydrogen (secondary N) is 1. The molecular weight excluding hydrogens is 320 g/mol. The third-order valence-corrected chi connectivity index (χ3v) is 4.30. The number of carbonyl (C=O) groups is 1. The Morgan fingerprint density at radius 1 is 1.24 bits per heavy atom. The van der Waals surface area contributed by atoms with Gasteiger partial charge in [-0.2, -0.15) is 0 Å². The number of aromatic nitrogens is 2. The Bertz CT molecular complexity index is 697. The SMILES string of the molecule is Cc1ccc(C(CNc2cnc(C(=O)O)cn2)N2CCOCC2)cc1. The van der Waals surface area contributed by atoms with Crippen molar-refractivity contribution in [2.75, 3.05) is 38.2 Å².